The summed E-state index contributed by atoms with van der Waals surface area (Å²) in [6.07, 6.45) is 0. The molecule has 0 aromatic heterocycles. The zero-order valence-corrected chi connectivity index (χ0v) is 12.2. The minimum Gasteiger partial charge on any atom is -0.309 e. The summed E-state index contributed by atoms with van der Waals surface area (Å²) < 4.78 is 13.5. The van der Waals surface area contributed by atoms with Gasteiger partial charge in [-0.3, -0.25) is 0 Å². The van der Waals surface area contributed by atoms with Crippen molar-refractivity contribution in [3.63, 3.8) is 0 Å². The predicted molar refractivity (Wildman–Crippen MR) is 78.5 cm³/mol. The number of rotatable bonds is 3. The number of benzene rings is 2. The van der Waals surface area contributed by atoms with E-state index in [-0.39, 0.29) is 11.9 Å². The molecule has 2 rings (SSSR count). The standard InChI is InChI=1S/C15H14Cl2FN/c1-9-7-12(13(17)8-14(9)18)15(19-2)10-3-5-11(16)6-4-10/h3-8,15,19H,1-2H3. The van der Waals surface area contributed by atoms with Crippen LogP contribution in [0.1, 0.15) is 22.7 Å². The molecule has 0 amide bonds. The molecular formula is C15H14Cl2FN. The first-order valence-electron chi connectivity index (χ1n) is 5.91. The summed E-state index contributed by atoms with van der Waals surface area (Å²) in [6, 6.07) is 10.5. The van der Waals surface area contributed by atoms with Crippen molar-refractivity contribution in [3.8, 4) is 0 Å². The third-order valence-corrected chi connectivity index (χ3v) is 3.66. The van der Waals surface area contributed by atoms with Crippen molar-refractivity contribution in [2.45, 2.75) is 13.0 Å². The Morgan fingerprint density at radius 1 is 1.11 bits per heavy atom. The van der Waals surface area contributed by atoms with Crippen molar-refractivity contribution in [3.05, 3.63) is 69.0 Å². The summed E-state index contributed by atoms with van der Waals surface area (Å²) in [5.74, 6) is -0.292. The van der Waals surface area contributed by atoms with E-state index in [1.165, 1.54) is 6.07 Å². The molecule has 0 bridgehead atoms. The van der Waals surface area contributed by atoms with Crippen LogP contribution in [0.2, 0.25) is 10.0 Å². The molecule has 1 N–H and O–H groups in total. The van der Waals surface area contributed by atoms with Gasteiger partial charge in [-0.15, -0.1) is 0 Å². The second-order valence-corrected chi connectivity index (χ2v) is 5.24. The smallest absolute Gasteiger partial charge is 0.127 e. The monoisotopic (exact) mass is 297 g/mol. The van der Waals surface area contributed by atoms with E-state index < -0.39 is 0 Å². The number of aryl methyl sites for hydroxylation is 1. The summed E-state index contributed by atoms with van der Waals surface area (Å²) >= 11 is 12.0. The highest BCUT2D eigenvalue weighted by atomic mass is 35.5. The van der Waals surface area contributed by atoms with Crippen LogP contribution in [0.4, 0.5) is 4.39 Å². The SMILES string of the molecule is CNC(c1ccc(Cl)cc1)c1cc(C)c(F)cc1Cl. The number of nitrogens with one attached hydrogen (secondary N) is 1. The van der Waals surface area contributed by atoms with Crippen LogP contribution in [0, 0.1) is 12.7 Å². The van der Waals surface area contributed by atoms with Crippen LogP contribution in [-0.4, -0.2) is 7.05 Å². The Bertz CT molecular complexity index is 581. The Balaban J connectivity index is 2.47. The van der Waals surface area contributed by atoms with Crippen molar-refractivity contribution < 1.29 is 4.39 Å². The molecule has 0 aliphatic rings. The minimum absolute atomic E-state index is 0.0935. The van der Waals surface area contributed by atoms with Crippen molar-refractivity contribution in [1.29, 1.82) is 0 Å². The molecule has 0 saturated heterocycles. The van der Waals surface area contributed by atoms with Gasteiger partial charge in [-0.2, -0.15) is 0 Å². The Hall–Kier alpha value is -1.09. The van der Waals surface area contributed by atoms with Gasteiger partial charge < -0.3 is 5.32 Å². The van der Waals surface area contributed by atoms with Gasteiger partial charge in [0.05, 0.1) is 6.04 Å². The quantitative estimate of drug-likeness (QED) is 0.862. The van der Waals surface area contributed by atoms with E-state index >= 15 is 0 Å². The maximum atomic E-state index is 13.5. The first-order valence-corrected chi connectivity index (χ1v) is 6.66. The molecule has 0 spiro atoms. The summed E-state index contributed by atoms with van der Waals surface area (Å²) in [4.78, 5) is 0. The van der Waals surface area contributed by atoms with Gasteiger partial charge >= 0.3 is 0 Å². The molecule has 0 saturated carbocycles. The molecule has 2 aromatic carbocycles. The minimum atomic E-state index is -0.292. The topological polar surface area (TPSA) is 12.0 Å². The molecule has 1 nitrogen and oxygen atoms in total. The lowest BCUT2D eigenvalue weighted by Crippen LogP contribution is -2.18. The van der Waals surface area contributed by atoms with Gasteiger partial charge in [0.15, 0.2) is 0 Å². The lowest BCUT2D eigenvalue weighted by molar-refractivity contribution is 0.614. The van der Waals surface area contributed by atoms with Crippen LogP contribution < -0.4 is 5.32 Å². The van der Waals surface area contributed by atoms with Crippen LogP contribution in [0.15, 0.2) is 36.4 Å². The highest BCUT2D eigenvalue weighted by molar-refractivity contribution is 6.31. The van der Waals surface area contributed by atoms with Gasteiger partial charge in [0.1, 0.15) is 5.82 Å². The zero-order valence-electron chi connectivity index (χ0n) is 10.7. The zero-order chi connectivity index (χ0) is 14.0. The van der Waals surface area contributed by atoms with E-state index in [9.17, 15) is 4.39 Å². The van der Waals surface area contributed by atoms with Crippen LogP contribution >= 0.6 is 23.2 Å². The average Bonchev–Trinajstić information content (AvgIpc) is 2.38. The fourth-order valence-corrected chi connectivity index (χ4v) is 2.44. The maximum Gasteiger partial charge on any atom is 0.127 e. The number of hydrogen-bond acceptors (Lipinski definition) is 1. The first-order chi connectivity index (χ1) is 9.02. The van der Waals surface area contributed by atoms with Gasteiger partial charge in [-0.05, 0) is 54.9 Å². The maximum absolute atomic E-state index is 13.5. The highest BCUT2D eigenvalue weighted by Gasteiger charge is 2.16. The van der Waals surface area contributed by atoms with E-state index in [4.69, 9.17) is 23.2 Å². The largest absolute Gasteiger partial charge is 0.309 e. The molecule has 0 radical (unpaired) electrons. The second kappa shape index (κ2) is 5.91. The molecule has 0 aliphatic carbocycles. The van der Waals surface area contributed by atoms with Crippen LogP contribution in [0.3, 0.4) is 0 Å². The molecular weight excluding hydrogens is 284 g/mol. The van der Waals surface area contributed by atoms with E-state index in [2.05, 4.69) is 5.32 Å². The highest BCUT2D eigenvalue weighted by Crippen LogP contribution is 2.30. The van der Waals surface area contributed by atoms with Crippen LogP contribution in [-0.2, 0) is 0 Å². The summed E-state index contributed by atoms with van der Waals surface area (Å²) in [7, 11) is 1.84. The fourth-order valence-electron chi connectivity index (χ4n) is 2.06. The third kappa shape index (κ3) is 3.08. The van der Waals surface area contributed by atoms with E-state index in [0.717, 1.165) is 11.1 Å². The average molecular weight is 298 g/mol. The van der Waals surface area contributed by atoms with Gasteiger partial charge in [0.25, 0.3) is 0 Å². The number of hydrogen-bond donors (Lipinski definition) is 1. The lowest BCUT2D eigenvalue weighted by atomic mass is 9.97. The van der Waals surface area contributed by atoms with E-state index in [1.807, 2.05) is 31.3 Å². The van der Waals surface area contributed by atoms with E-state index in [0.29, 0.717) is 15.6 Å². The Morgan fingerprint density at radius 3 is 2.32 bits per heavy atom. The fraction of sp³-hybridized carbons (Fsp3) is 0.200. The van der Waals surface area contributed by atoms with Crippen molar-refractivity contribution in [1.82, 2.24) is 5.32 Å². The second-order valence-electron chi connectivity index (χ2n) is 4.40. The predicted octanol–water partition coefficient (Wildman–Crippen LogP) is 4.75. The Kier molecular flexibility index (Phi) is 4.46. The van der Waals surface area contributed by atoms with Gasteiger partial charge in [0, 0.05) is 10.0 Å². The van der Waals surface area contributed by atoms with Crippen molar-refractivity contribution >= 4 is 23.2 Å². The molecule has 2 aromatic rings. The third-order valence-electron chi connectivity index (χ3n) is 3.08. The van der Waals surface area contributed by atoms with Crippen molar-refractivity contribution in [2.24, 2.45) is 0 Å². The summed E-state index contributed by atoms with van der Waals surface area (Å²) in [6.45, 7) is 1.73. The molecule has 4 heteroatoms. The molecule has 1 atom stereocenters. The summed E-state index contributed by atoms with van der Waals surface area (Å²) in [5, 5.41) is 4.29. The Labute approximate surface area is 122 Å². The summed E-state index contributed by atoms with van der Waals surface area (Å²) in [5.41, 5.74) is 2.46. The normalized spacial score (nSPS) is 12.5. The molecule has 0 heterocycles. The Morgan fingerprint density at radius 2 is 1.74 bits per heavy atom. The molecule has 0 fully saturated rings. The van der Waals surface area contributed by atoms with Crippen LogP contribution in [0.5, 0.6) is 0 Å². The number of halogens is 3. The molecule has 19 heavy (non-hydrogen) atoms. The first kappa shape index (κ1) is 14.3. The van der Waals surface area contributed by atoms with Gasteiger partial charge in [-0.1, -0.05) is 35.3 Å². The molecule has 1 unspecified atom stereocenters. The van der Waals surface area contributed by atoms with Crippen LogP contribution in [0.25, 0.3) is 0 Å². The van der Waals surface area contributed by atoms with E-state index in [1.54, 1.807) is 13.0 Å². The lowest BCUT2D eigenvalue weighted by Gasteiger charge is -2.19. The van der Waals surface area contributed by atoms with Gasteiger partial charge in [0.2, 0.25) is 0 Å². The van der Waals surface area contributed by atoms with Gasteiger partial charge in [-0.25, -0.2) is 4.39 Å². The molecule has 100 valence electrons. The molecule has 0 aliphatic heterocycles. The van der Waals surface area contributed by atoms with Crippen molar-refractivity contribution in [2.75, 3.05) is 7.05 Å².